The number of amidine groups is 1. The summed E-state index contributed by atoms with van der Waals surface area (Å²) >= 11 is 1.35. The molecule has 6 rings (SSSR count). The smallest absolute Gasteiger partial charge is 0.309 e. The third kappa shape index (κ3) is 6.75. The Morgan fingerprint density at radius 1 is 1.02 bits per heavy atom. The van der Waals surface area contributed by atoms with E-state index in [2.05, 4.69) is 9.89 Å². The molecule has 10 heteroatoms. The SMILES string of the molecule is CCOC(=O)C1CCN(C2=NC(=O)/C(=C/c3cn(-c4ccccc4)nc3-c3ccc(OCc4ccc(F)cc4)cc3)S2)CC1. The zero-order chi connectivity index (χ0) is 30.5. The highest BCUT2D eigenvalue weighted by Gasteiger charge is 2.32. The summed E-state index contributed by atoms with van der Waals surface area (Å²) in [5.74, 6) is -0.169. The molecule has 1 amide bonds. The standard InChI is InChI=1S/C34H31FN4O4S/c1-2-42-33(41)25-16-18-38(19-17-25)34-36-32(40)30(44-34)20-26-21-39(28-6-4-3-5-7-28)37-31(26)24-10-14-29(15-11-24)43-22-23-8-12-27(35)13-9-23/h3-15,20-21,25H,2,16-19,22H2,1H3/b30-20-. The molecule has 0 atom stereocenters. The summed E-state index contributed by atoms with van der Waals surface area (Å²) < 4.78 is 26.1. The van der Waals surface area contributed by atoms with Crippen molar-refractivity contribution in [1.29, 1.82) is 0 Å². The molecule has 0 aliphatic carbocycles. The number of para-hydroxylation sites is 1. The first-order valence-electron chi connectivity index (χ1n) is 14.5. The van der Waals surface area contributed by atoms with Gasteiger partial charge in [0.15, 0.2) is 5.17 Å². The van der Waals surface area contributed by atoms with Gasteiger partial charge in [-0.05, 0) is 91.7 Å². The Bertz CT molecular complexity index is 1690. The highest BCUT2D eigenvalue weighted by Crippen LogP contribution is 2.35. The predicted octanol–water partition coefficient (Wildman–Crippen LogP) is 6.50. The van der Waals surface area contributed by atoms with E-state index >= 15 is 0 Å². The van der Waals surface area contributed by atoms with E-state index in [-0.39, 0.29) is 23.6 Å². The number of aliphatic imine (C=N–C) groups is 1. The van der Waals surface area contributed by atoms with Gasteiger partial charge in [0.1, 0.15) is 18.2 Å². The highest BCUT2D eigenvalue weighted by atomic mass is 32.2. The normalized spacial score (nSPS) is 16.3. The van der Waals surface area contributed by atoms with Crippen molar-refractivity contribution < 1.29 is 23.5 Å². The van der Waals surface area contributed by atoms with Gasteiger partial charge >= 0.3 is 5.97 Å². The van der Waals surface area contributed by atoms with E-state index < -0.39 is 0 Å². The average Bonchev–Trinajstić information content (AvgIpc) is 3.65. The van der Waals surface area contributed by atoms with Gasteiger partial charge in [0.2, 0.25) is 0 Å². The lowest BCUT2D eigenvalue weighted by molar-refractivity contribution is -0.149. The Labute approximate surface area is 259 Å². The number of carbonyl (C=O) groups is 2. The fourth-order valence-electron chi connectivity index (χ4n) is 5.13. The topological polar surface area (TPSA) is 86.0 Å². The van der Waals surface area contributed by atoms with Crippen molar-refractivity contribution in [1.82, 2.24) is 14.7 Å². The first-order valence-corrected chi connectivity index (χ1v) is 15.4. The maximum atomic E-state index is 13.2. The molecule has 8 nitrogen and oxygen atoms in total. The first kappa shape index (κ1) is 29.4. The molecule has 1 aromatic heterocycles. The van der Waals surface area contributed by atoms with E-state index in [0.29, 0.717) is 60.7 Å². The van der Waals surface area contributed by atoms with Crippen molar-refractivity contribution in [2.24, 2.45) is 10.9 Å². The molecule has 4 aromatic rings. The molecular formula is C34H31FN4O4S. The number of hydrogen-bond donors (Lipinski definition) is 0. The van der Waals surface area contributed by atoms with Crippen LogP contribution in [0.15, 0.2) is 95.0 Å². The summed E-state index contributed by atoms with van der Waals surface area (Å²) in [5, 5.41) is 5.54. The van der Waals surface area contributed by atoms with Gasteiger partial charge in [-0.1, -0.05) is 30.3 Å². The Hall–Kier alpha value is -4.70. The van der Waals surface area contributed by atoms with Crippen molar-refractivity contribution >= 4 is 34.9 Å². The Morgan fingerprint density at radius 3 is 2.45 bits per heavy atom. The van der Waals surface area contributed by atoms with Gasteiger partial charge in [0.25, 0.3) is 5.91 Å². The van der Waals surface area contributed by atoms with E-state index in [1.54, 1.807) is 16.8 Å². The molecule has 1 fully saturated rings. The van der Waals surface area contributed by atoms with Crippen LogP contribution in [0.3, 0.4) is 0 Å². The summed E-state index contributed by atoms with van der Waals surface area (Å²) in [6.07, 6.45) is 5.09. The maximum absolute atomic E-state index is 13.2. The van der Waals surface area contributed by atoms with E-state index in [1.165, 1.54) is 23.9 Å². The number of nitrogens with zero attached hydrogens (tertiary/aromatic N) is 4. The van der Waals surface area contributed by atoms with Crippen LogP contribution in [0.5, 0.6) is 5.75 Å². The molecular weight excluding hydrogens is 579 g/mol. The van der Waals surface area contributed by atoms with Crippen LogP contribution in [0.25, 0.3) is 23.0 Å². The molecule has 3 aromatic carbocycles. The number of hydrogen-bond acceptors (Lipinski definition) is 7. The van der Waals surface area contributed by atoms with Crippen LogP contribution >= 0.6 is 11.8 Å². The number of benzene rings is 3. The predicted molar refractivity (Wildman–Crippen MR) is 169 cm³/mol. The van der Waals surface area contributed by atoms with Crippen LogP contribution in [0.1, 0.15) is 30.9 Å². The van der Waals surface area contributed by atoms with Crippen LogP contribution in [0.2, 0.25) is 0 Å². The molecule has 224 valence electrons. The fourth-order valence-corrected chi connectivity index (χ4v) is 6.08. The van der Waals surface area contributed by atoms with Crippen LogP contribution < -0.4 is 4.74 Å². The lowest BCUT2D eigenvalue weighted by atomic mass is 9.97. The second-order valence-electron chi connectivity index (χ2n) is 10.5. The van der Waals surface area contributed by atoms with Crippen molar-refractivity contribution in [3.8, 4) is 22.7 Å². The number of likely N-dealkylation sites (tertiary alicyclic amines) is 1. The molecule has 0 bridgehead atoms. The summed E-state index contributed by atoms with van der Waals surface area (Å²) in [4.78, 5) is 32.1. The molecule has 1 saturated heterocycles. The molecule has 0 saturated carbocycles. The van der Waals surface area contributed by atoms with Gasteiger partial charge in [-0.15, -0.1) is 0 Å². The molecule has 2 aliphatic heterocycles. The number of piperidine rings is 1. The Kier molecular flexibility index (Phi) is 8.88. The van der Waals surface area contributed by atoms with Crippen LogP contribution in [0.4, 0.5) is 4.39 Å². The van der Waals surface area contributed by atoms with Crippen molar-refractivity contribution in [2.75, 3.05) is 19.7 Å². The van der Waals surface area contributed by atoms with Gasteiger partial charge in [-0.3, -0.25) is 9.59 Å². The number of rotatable bonds is 8. The summed E-state index contributed by atoms with van der Waals surface area (Å²) in [6, 6.07) is 23.6. The van der Waals surface area contributed by atoms with Crippen LogP contribution in [-0.4, -0.2) is 51.4 Å². The van der Waals surface area contributed by atoms with Crippen molar-refractivity contribution in [3.63, 3.8) is 0 Å². The average molecular weight is 611 g/mol. The largest absolute Gasteiger partial charge is 0.489 e. The van der Waals surface area contributed by atoms with E-state index in [9.17, 15) is 14.0 Å². The Morgan fingerprint density at radius 2 is 1.75 bits per heavy atom. The van der Waals surface area contributed by atoms with Gasteiger partial charge in [0, 0.05) is 30.4 Å². The first-order chi connectivity index (χ1) is 21.5. The molecule has 3 heterocycles. The fraction of sp³-hybridized carbons (Fsp3) is 0.235. The minimum absolute atomic E-state index is 0.116. The quantitative estimate of drug-likeness (QED) is 0.166. The van der Waals surface area contributed by atoms with Crippen LogP contribution in [0, 0.1) is 11.7 Å². The molecule has 0 N–H and O–H groups in total. The zero-order valence-electron chi connectivity index (χ0n) is 24.2. The number of aromatic nitrogens is 2. The monoisotopic (exact) mass is 610 g/mol. The summed E-state index contributed by atoms with van der Waals surface area (Å²) in [6.45, 7) is 3.79. The van der Waals surface area contributed by atoms with Gasteiger partial charge in [-0.25, -0.2) is 9.07 Å². The second kappa shape index (κ2) is 13.3. The minimum Gasteiger partial charge on any atom is -0.489 e. The highest BCUT2D eigenvalue weighted by molar-refractivity contribution is 8.18. The summed E-state index contributed by atoms with van der Waals surface area (Å²) in [7, 11) is 0. The minimum atomic E-state index is -0.291. The van der Waals surface area contributed by atoms with Gasteiger partial charge in [-0.2, -0.15) is 10.1 Å². The van der Waals surface area contributed by atoms with Crippen molar-refractivity contribution in [2.45, 2.75) is 26.4 Å². The van der Waals surface area contributed by atoms with Crippen molar-refractivity contribution in [3.05, 3.63) is 107 Å². The number of esters is 1. The lowest BCUT2D eigenvalue weighted by Crippen LogP contribution is -2.39. The van der Waals surface area contributed by atoms with E-state index in [0.717, 1.165) is 22.4 Å². The second-order valence-corrected chi connectivity index (χ2v) is 11.5. The number of halogens is 1. The number of amides is 1. The third-order valence-corrected chi connectivity index (χ3v) is 8.54. The third-order valence-electron chi connectivity index (χ3n) is 7.49. The molecule has 0 radical (unpaired) electrons. The van der Waals surface area contributed by atoms with Crippen LogP contribution in [-0.2, 0) is 20.9 Å². The summed E-state index contributed by atoms with van der Waals surface area (Å²) in [5.41, 5.74) is 4.11. The van der Waals surface area contributed by atoms with Gasteiger partial charge < -0.3 is 14.4 Å². The number of ether oxygens (including phenoxy) is 2. The molecule has 0 unspecified atom stereocenters. The molecule has 44 heavy (non-hydrogen) atoms. The van der Waals surface area contributed by atoms with E-state index in [4.69, 9.17) is 14.6 Å². The zero-order valence-corrected chi connectivity index (χ0v) is 25.0. The Balaban J connectivity index is 1.20. The number of thioether (sulfide) groups is 1. The van der Waals surface area contributed by atoms with Gasteiger partial charge in [0.05, 0.1) is 28.8 Å². The number of carbonyl (C=O) groups excluding carboxylic acids is 2. The lowest BCUT2D eigenvalue weighted by Gasteiger charge is -2.31. The maximum Gasteiger partial charge on any atom is 0.309 e. The molecule has 2 aliphatic rings. The molecule has 0 spiro atoms. The van der Waals surface area contributed by atoms with E-state index in [1.807, 2.05) is 73.8 Å².